The fraction of sp³-hybridized carbons (Fsp3) is 0.467. The molecule has 0 bridgehead atoms. The Hall–Kier alpha value is -1.84. The van der Waals surface area contributed by atoms with Crippen LogP contribution >= 0.6 is 0 Å². The molecule has 0 spiro atoms. The third-order valence-electron chi connectivity index (χ3n) is 4.49. The Balaban J connectivity index is 1.76. The summed E-state index contributed by atoms with van der Waals surface area (Å²) in [6.07, 6.45) is 4.05. The summed E-state index contributed by atoms with van der Waals surface area (Å²) >= 11 is 0. The van der Waals surface area contributed by atoms with Crippen LogP contribution in [0.3, 0.4) is 0 Å². The van der Waals surface area contributed by atoms with Gasteiger partial charge >= 0.3 is 0 Å². The highest BCUT2D eigenvalue weighted by Gasteiger charge is 2.30. The summed E-state index contributed by atoms with van der Waals surface area (Å²) in [7, 11) is 0. The molecule has 3 unspecified atom stereocenters. The Morgan fingerprint density at radius 3 is 2.95 bits per heavy atom. The molecule has 1 aromatic carbocycles. The van der Waals surface area contributed by atoms with Crippen LogP contribution in [0.5, 0.6) is 0 Å². The van der Waals surface area contributed by atoms with Gasteiger partial charge in [0, 0.05) is 17.0 Å². The lowest BCUT2D eigenvalue weighted by Crippen LogP contribution is -2.37. The monoisotopic (exact) mass is 257 g/mol. The average molecular weight is 257 g/mol. The molecular weight excluding hydrogens is 238 g/mol. The predicted octanol–water partition coefficient (Wildman–Crippen LogP) is 2.73. The standard InChI is InChI=1S/C15H19N3O/c1-9-3-6-13(10(9)2)17-15(19)11-4-5-12-8-16-18-14(12)7-11/h4-5,7-10,13H,3,6H2,1-2H3,(H,16,18)(H,17,19). The smallest absolute Gasteiger partial charge is 0.251 e. The van der Waals surface area contributed by atoms with Crippen LogP contribution in [0.4, 0.5) is 0 Å². The fourth-order valence-electron chi connectivity index (χ4n) is 2.90. The van der Waals surface area contributed by atoms with Crippen LogP contribution in [0.1, 0.15) is 37.0 Å². The van der Waals surface area contributed by atoms with E-state index in [-0.39, 0.29) is 5.91 Å². The Morgan fingerprint density at radius 1 is 1.37 bits per heavy atom. The van der Waals surface area contributed by atoms with E-state index in [1.54, 1.807) is 6.20 Å². The van der Waals surface area contributed by atoms with Gasteiger partial charge in [-0.1, -0.05) is 19.9 Å². The number of carbonyl (C=O) groups is 1. The molecule has 1 aliphatic carbocycles. The van der Waals surface area contributed by atoms with Gasteiger partial charge in [-0.2, -0.15) is 5.10 Å². The molecule has 19 heavy (non-hydrogen) atoms. The molecule has 4 nitrogen and oxygen atoms in total. The molecule has 1 fully saturated rings. The van der Waals surface area contributed by atoms with Crippen LogP contribution in [0.2, 0.25) is 0 Å². The third-order valence-corrected chi connectivity index (χ3v) is 4.49. The van der Waals surface area contributed by atoms with Crippen molar-refractivity contribution < 1.29 is 4.79 Å². The summed E-state index contributed by atoms with van der Waals surface area (Å²) in [4.78, 5) is 12.3. The van der Waals surface area contributed by atoms with Crippen molar-refractivity contribution in [1.82, 2.24) is 15.5 Å². The molecule has 0 radical (unpaired) electrons. The number of aromatic nitrogens is 2. The molecule has 2 N–H and O–H groups in total. The van der Waals surface area contributed by atoms with E-state index in [1.807, 2.05) is 18.2 Å². The Kier molecular flexibility index (Phi) is 3.01. The number of H-pyrrole nitrogens is 1. The SMILES string of the molecule is CC1CCC(NC(=O)c2ccc3cn[nH]c3c2)C1C. The second-order valence-electron chi connectivity index (χ2n) is 5.67. The first-order valence-electron chi connectivity index (χ1n) is 6.89. The number of hydrogen-bond donors (Lipinski definition) is 2. The summed E-state index contributed by atoms with van der Waals surface area (Å²) in [6, 6.07) is 5.95. The number of hydrogen-bond acceptors (Lipinski definition) is 2. The Bertz CT molecular complexity index is 604. The second-order valence-corrected chi connectivity index (χ2v) is 5.67. The van der Waals surface area contributed by atoms with Crippen LogP contribution in [-0.4, -0.2) is 22.1 Å². The largest absolute Gasteiger partial charge is 0.349 e. The van der Waals surface area contributed by atoms with Crippen LogP contribution < -0.4 is 5.32 Å². The first kappa shape index (κ1) is 12.2. The molecule has 3 rings (SSSR count). The number of carbonyl (C=O) groups excluding carboxylic acids is 1. The van der Waals surface area contributed by atoms with E-state index >= 15 is 0 Å². The van der Waals surface area contributed by atoms with Crippen molar-refractivity contribution in [2.24, 2.45) is 11.8 Å². The summed E-state index contributed by atoms with van der Waals surface area (Å²) in [5.41, 5.74) is 1.60. The molecule has 1 heterocycles. The van der Waals surface area contributed by atoms with Crippen molar-refractivity contribution in [1.29, 1.82) is 0 Å². The van der Waals surface area contributed by atoms with Gasteiger partial charge in [0.25, 0.3) is 5.91 Å². The average Bonchev–Trinajstić information content (AvgIpc) is 2.99. The zero-order valence-corrected chi connectivity index (χ0v) is 11.3. The highest BCUT2D eigenvalue weighted by atomic mass is 16.1. The highest BCUT2D eigenvalue weighted by Crippen LogP contribution is 2.31. The minimum atomic E-state index is 0.0162. The van der Waals surface area contributed by atoms with E-state index in [0.29, 0.717) is 23.4 Å². The molecule has 0 aliphatic heterocycles. The van der Waals surface area contributed by atoms with Crippen molar-refractivity contribution in [2.45, 2.75) is 32.7 Å². The van der Waals surface area contributed by atoms with Crippen molar-refractivity contribution in [3.8, 4) is 0 Å². The van der Waals surface area contributed by atoms with Crippen LogP contribution in [0, 0.1) is 11.8 Å². The maximum absolute atomic E-state index is 12.3. The molecule has 0 saturated heterocycles. The fourth-order valence-corrected chi connectivity index (χ4v) is 2.90. The van der Waals surface area contributed by atoms with Gasteiger partial charge in [0.15, 0.2) is 0 Å². The normalized spacial score (nSPS) is 26.7. The minimum Gasteiger partial charge on any atom is -0.349 e. The van der Waals surface area contributed by atoms with E-state index in [1.165, 1.54) is 6.42 Å². The molecule has 4 heteroatoms. The maximum Gasteiger partial charge on any atom is 0.251 e. The van der Waals surface area contributed by atoms with Gasteiger partial charge in [-0.25, -0.2) is 0 Å². The van der Waals surface area contributed by atoms with Gasteiger partial charge in [0.1, 0.15) is 0 Å². The summed E-state index contributed by atoms with van der Waals surface area (Å²) < 4.78 is 0. The van der Waals surface area contributed by atoms with E-state index in [9.17, 15) is 4.79 Å². The van der Waals surface area contributed by atoms with E-state index in [0.717, 1.165) is 17.3 Å². The summed E-state index contributed by atoms with van der Waals surface area (Å²) in [5.74, 6) is 1.27. The first-order valence-corrected chi connectivity index (χ1v) is 6.89. The second kappa shape index (κ2) is 4.68. The molecule has 1 amide bonds. The lowest BCUT2D eigenvalue weighted by Gasteiger charge is -2.19. The molecular formula is C15H19N3O. The number of rotatable bonds is 2. The van der Waals surface area contributed by atoms with Crippen molar-refractivity contribution in [2.75, 3.05) is 0 Å². The number of fused-ring (bicyclic) bond motifs is 1. The molecule has 1 saturated carbocycles. The minimum absolute atomic E-state index is 0.0162. The Labute approximate surface area is 112 Å². The van der Waals surface area contributed by atoms with Gasteiger partial charge in [-0.05, 0) is 36.8 Å². The number of amides is 1. The third kappa shape index (κ3) is 2.23. The molecule has 100 valence electrons. The zero-order valence-electron chi connectivity index (χ0n) is 11.3. The van der Waals surface area contributed by atoms with Crippen molar-refractivity contribution in [3.63, 3.8) is 0 Å². The van der Waals surface area contributed by atoms with Crippen LogP contribution in [-0.2, 0) is 0 Å². The number of benzene rings is 1. The van der Waals surface area contributed by atoms with Gasteiger partial charge in [-0.15, -0.1) is 0 Å². The van der Waals surface area contributed by atoms with Gasteiger partial charge in [0.05, 0.1) is 11.7 Å². The summed E-state index contributed by atoms with van der Waals surface area (Å²) in [6.45, 7) is 4.48. The van der Waals surface area contributed by atoms with Crippen LogP contribution in [0.25, 0.3) is 10.9 Å². The molecule has 1 aromatic heterocycles. The molecule has 2 aromatic rings. The lowest BCUT2D eigenvalue weighted by atomic mass is 9.97. The van der Waals surface area contributed by atoms with Gasteiger partial charge in [0.2, 0.25) is 0 Å². The van der Waals surface area contributed by atoms with E-state index < -0.39 is 0 Å². The van der Waals surface area contributed by atoms with Gasteiger partial charge in [-0.3, -0.25) is 9.89 Å². The summed E-state index contributed by atoms with van der Waals surface area (Å²) in [5, 5.41) is 11.1. The van der Waals surface area contributed by atoms with Crippen molar-refractivity contribution >= 4 is 16.8 Å². The van der Waals surface area contributed by atoms with Crippen molar-refractivity contribution in [3.05, 3.63) is 30.0 Å². The quantitative estimate of drug-likeness (QED) is 0.869. The molecule has 3 atom stereocenters. The number of nitrogens with one attached hydrogen (secondary N) is 2. The van der Waals surface area contributed by atoms with E-state index in [2.05, 4.69) is 29.4 Å². The highest BCUT2D eigenvalue weighted by molar-refractivity contribution is 5.97. The zero-order chi connectivity index (χ0) is 13.4. The number of nitrogens with zero attached hydrogens (tertiary/aromatic N) is 1. The first-order chi connectivity index (χ1) is 9.15. The van der Waals surface area contributed by atoms with Gasteiger partial charge < -0.3 is 5.32 Å². The van der Waals surface area contributed by atoms with Crippen LogP contribution in [0.15, 0.2) is 24.4 Å². The molecule has 1 aliphatic rings. The van der Waals surface area contributed by atoms with E-state index in [4.69, 9.17) is 0 Å². The maximum atomic E-state index is 12.3. The lowest BCUT2D eigenvalue weighted by molar-refractivity contribution is 0.0927. The Morgan fingerprint density at radius 2 is 2.21 bits per heavy atom. The topological polar surface area (TPSA) is 57.8 Å². The number of aromatic amines is 1. The predicted molar refractivity (Wildman–Crippen MR) is 74.9 cm³/mol.